The van der Waals surface area contributed by atoms with Gasteiger partial charge >= 0.3 is 0 Å². The van der Waals surface area contributed by atoms with E-state index < -0.39 is 0 Å². The third-order valence-electron chi connectivity index (χ3n) is 3.51. The first-order chi connectivity index (χ1) is 7.31. The van der Waals surface area contributed by atoms with Crippen molar-refractivity contribution in [3.8, 4) is 0 Å². The quantitative estimate of drug-likeness (QED) is 0.712. The van der Waals surface area contributed by atoms with Crippen molar-refractivity contribution in [3.05, 3.63) is 0 Å². The predicted molar refractivity (Wildman–Crippen MR) is 57.3 cm³/mol. The van der Waals surface area contributed by atoms with Crippen LogP contribution in [0.1, 0.15) is 32.1 Å². The molecule has 1 aliphatic carbocycles. The van der Waals surface area contributed by atoms with Gasteiger partial charge in [0.1, 0.15) is 6.10 Å². The summed E-state index contributed by atoms with van der Waals surface area (Å²) in [6.07, 6.45) is 5.06. The first-order valence-electron chi connectivity index (χ1n) is 5.93. The van der Waals surface area contributed by atoms with Gasteiger partial charge in [-0.3, -0.25) is 4.79 Å². The summed E-state index contributed by atoms with van der Waals surface area (Å²) in [4.78, 5) is 11.8. The summed E-state index contributed by atoms with van der Waals surface area (Å²) in [5.41, 5.74) is 5.67. The second-order valence-electron chi connectivity index (χ2n) is 4.54. The molecule has 1 amide bonds. The first-order valence-corrected chi connectivity index (χ1v) is 5.93. The molecule has 86 valence electrons. The number of nitrogens with one attached hydrogen (secondary N) is 1. The average Bonchev–Trinajstić information content (AvgIpc) is 2.87. The number of rotatable bonds is 3. The van der Waals surface area contributed by atoms with Crippen LogP contribution in [0.5, 0.6) is 0 Å². The lowest BCUT2D eigenvalue weighted by Gasteiger charge is -2.21. The molecule has 2 aliphatic rings. The van der Waals surface area contributed by atoms with Crippen molar-refractivity contribution in [1.82, 2.24) is 5.32 Å². The Morgan fingerprint density at radius 1 is 1.33 bits per heavy atom. The lowest BCUT2D eigenvalue weighted by atomic mass is 10.0. The normalized spacial score (nSPS) is 35.7. The first kappa shape index (κ1) is 10.9. The molecule has 0 aromatic heterocycles. The van der Waals surface area contributed by atoms with Crippen LogP contribution >= 0.6 is 0 Å². The number of nitrogens with two attached hydrogens (primary N) is 1. The van der Waals surface area contributed by atoms with E-state index in [9.17, 15) is 4.79 Å². The van der Waals surface area contributed by atoms with Gasteiger partial charge < -0.3 is 15.8 Å². The Morgan fingerprint density at radius 2 is 2.20 bits per heavy atom. The Morgan fingerprint density at radius 3 is 2.87 bits per heavy atom. The van der Waals surface area contributed by atoms with Gasteiger partial charge in [-0.1, -0.05) is 6.42 Å². The lowest BCUT2D eigenvalue weighted by molar-refractivity contribution is -0.131. The van der Waals surface area contributed by atoms with Gasteiger partial charge in [-0.15, -0.1) is 0 Å². The fraction of sp³-hybridized carbons (Fsp3) is 0.909. The van der Waals surface area contributed by atoms with Gasteiger partial charge in [0.2, 0.25) is 5.91 Å². The molecule has 15 heavy (non-hydrogen) atoms. The van der Waals surface area contributed by atoms with Crippen LogP contribution in [0.3, 0.4) is 0 Å². The van der Waals surface area contributed by atoms with Gasteiger partial charge in [0, 0.05) is 12.6 Å². The van der Waals surface area contributed by atoms with Gasteiger partial charge in [-0.05, 0) is 38.1 Å². The predicted octanol–water partition coefficient (Wildman–Crippen LogP) is 0.409. The van der Waals surface area contributed by atoms with Gasteiger partial charge in [-0.25, -0.2) is 0 Å². The van der Waals surface area contributed by atoms with Gasteiger partial charge in [-0.2, -0.15) is 0 Å². The minimum absolute atomic E-state index is 0.0675. The number of amides is 1. The van der Waals surface area contributed by atoms with Crippen molar-refractivity contribution in [1.29, 1.82) is 0 Å². The van der Waals surface area contributed by atoms with Crippen LogP contribution < -0.4 is 11.1 Å². The molecule has 2 rings (SSSR count). The average molecular weight is 212 g/mol. The van der Waals surface area contributed by atoms with Crippen LogP contribution in [0.15, 0.2) is 0 Å². The fourth-order valence-corrected chi connectivity index (χ4v) is 2.57. The summed E-state index contributed by atoms with van der Waals surface area (Å²) >= 11 is 0. The van der Waals surface area contributed by atoms with E-state index in [-0.39, 0.29) is 18.1 Å². The number of carbonyl (C=O) groups is 1. The van der Waals surface area contributed by atoms with Crippen molar-refractivity contribution in [3.63, 3.8) is 0 Å². The Kier molecular flexibility index (Phi) is 3.59. The van der Waals surface area contributed by atoms with Crippen molar-refractivity contribution in [2.24, 2.45) is 11.7 Å². The molecule has 1 aliphatic heterocycles. The highest BCUT2D eigenvalue weighted by Crippen LogP contribution is 2.25. The van der Waals surface area contributed by atoms with E-state index in [1.54, 1.807) is 0 Å². The number of ether oxygens (including phenoxy) is 1. The molecule has 3 atom stereocenters. The van der Waals surface area contributed by atoms with Crippen LogP contribution in [0.2, 0.25) is 0 Å². The van der Waals surface area contributed by atoms with Crippen molar-refractivity contribution < 1.29 is 9.53 Å². The molecule has 1 saturated heterocycles. The van der Waals surface area contributed by atoms with Crippen LogP contribution in [-0.2, 0) is 9.53 Å². The Labute approximate surface area is 90.5 Å². The third kappa shape index (κ3) is 2.49. The molecule has 2 unspecified atom stereocenters. The van der Waals surface area contributed by atoms with E-state index in [2.05, 4.69) is 5.32 Å². The smallest absolute Gasteiger partial charge is 0.249 e. The maximum atomic E-state index is 11.8. The summed E-state index contributed by atoms with van der Waals surface area (Å²) in [5, 5.41) is 3.08. The zero-order valence-electron chi connectivity index (χ0n) is 9.08. The number of carbonyl (C=O) groups excluding carboxylic acids is 1. The van der Waals surface area contributed by atoms with Gasteiger partial charge in [0.05, 0.1) is 0 Å². The minimum atomic E-state index is -0.205. The summed E-state index contributed by atoms with van der Waals surface area (Å²) in [6, 6.07) is 0.284. The van der Waals surface area contributed by atoms with Crippen LogP contribution in [0.25, 0.3) is 0 Å². The third-order valence-corrected chi connectivity index (χ3v) is 3.51. The highest BCUT2D eigenvalue weighted by atomic mass is 16.5. The van der Waals surface area contributed by atoms with Crippen molar-refractivity contribution >= 4 is 5.91 Å². The van der Waals surface area contributed by atoms with E-state index in [0.717, 1.165) is 32.3 Å². The lowest BCUT2D eigenvalue weighted by Crippen LogP contribution is -2.44. The van der Waals surface area contributed by atoms with Crippen LogP contribution in [-0.4, -0.2) is 31.2 Å². The molecule has 0 bridgehead atoms. The Balaban J connectivity index is 1.82. The minimum Gasteiger partial charge on any atom is -0.368 e. The highest BCUT2D eigenvalue weighted by Gasteiger charge is 2.31. The molecule has 2 fully saturated rings. The molecule has 3 N–H and O–H groups in total. The molecule has 0 spiro atoms. The van der Waals surface area contributed by atoms with Crippen LogP contribution in [0.4, 0.5) is 0 Å². The summed E-state index contributed by atoms with van der Waals surface area (Å²) in [7, 11) is 0. The van der Waals surface area contributed by atoms with E-state index in [1.807, 2.05) is 0 Å². The Hall–Kier alpha value is -0.610. The van der Waals surface area contributed by atoms with Gasteiger partial charge in [0.15, 0.2) is 0 Å². The topological polar surface area (TPSA) is 64.3 Å². The fourth-order valence-electron chi connectivity index (χ4n) is 2.57. The molecule has 0 radical (unpaired) electrons. The SMILES string of the molecule is NCC1CCCC1NC(=O)[C@@H]1CCCO1. The van der Waals surface area contributed by atoms with E-state index in [4.69, 9.17) is 10.5 Å². The summed E-state index contributed by atoms with van der Waals surface area (Å²) < 4.78 is 5.35. The maximum Gasteiger partial charge on any atom is 0.249 e. The second kappa shape index (κ2) is 4.94. The molecule has 1 saturated carbocycles. The molecule has 0 aromatic carbocycles. The zero-order chi connectivity index (χ0) is 10.7. The summed E-state index contributed by atoms with van der Waals surface area (Å²) in [5.74, 6) is 0.535. The molecular weight excluding hydrogens is 192 g/mol. The number of hydrogen-bond donors (Lipinski definition) is 2. The second-order valence-corrected chi connectivity index (χ2v) is 4.54. The Bertz CT molecular complexity index is 227. The molecule has 1 heterocycles. The zero-order valence-corrected chi connectivity index (χ0v) is 9.08. The van der Waals surface area contributed by atoms with Gasteiger partial charge in [0.25, 0.3) is 0 Å². The van der Waals surface area contributed by atoms with E-state index >= 15 is 0 Å². The van der Waals surface area contributed by atoms with E-state index in [0.29, 0.717) is 12.5 Å². The molecule has 4 nitrogen and oxygen atoms in total. The molecular formula is C11H20N2O2. The standard InChI is InChI=1S/C11H20N2O2/c12-7-8-3-1-4-9(8)13-11(14)10-5-2-6-15-10/h8-10H,1-7,12H2,(H,13,14)/t8?,9?,10-/m0/s1. The molecule has 0 aromatic rings. The van der Waals surface area contributed by atoms with E-state index in [1.165, 1.54) is 6.42 Å². The van der Waals surface area contributed by atoms with Crippen molar-refractivity contribution in [2.75, 3.05) is 13.2 Å². The summed E-state index contributed by atoms with van der Waals surface area (Å²) in [6.45, 7) is 1.40. The van der Waals surface area contributed by atoms with Crippen molar-refractivity contribution in [2.45, 2.75) is 44.2 Å². The number of hydrogen-bond acceptors (Lipinski definition) is 3. The highest BCUT2D eigenvalue weighted by molar-refractivity contribution is 5.81. The maximum absolute atomic E-state index is 11.8. The monoisotopic (exact) mass is 212 g/mol. The van der Waals surface area contributed by atoms with Crippen LogP contribution in [0, 0.1) is 5.92 Å². The largest absolute Gasteiger partial charge is 0.368 e. The molecule has 4 heteroatoms.